The Morgan fingerprint density at radius 2 is 2.19 bits per heavy atom. The van der Waals surface area contributed by atoms with Gasteiger partial charge in [0.15, 0.2) is 0 Å². The first-order chi connectivity index (χ1) is 10.2. The minimum Gasteiger partial charge on any atom is -0.343 e. The maximum Gasteiger partial charge on any atom is 0.0548 e. The van der Waals surface area contributed by atoms with Gasteiger partial charge in [0, 0.05) is 37.1 Å². The van der Waals surface area contributed by atoms with E-state index in [1.165, 1.54) is 37.1 Å². The normalized spacial score (nSPS) is 35.7. The van der Waals surface area contributed by atoms with Crippen LogP contribution in [0.1, 0.15) is 40.0 Å². The molecule has 1 saturated heterocycles. The third kappa shape index (κ3) is 2.01. The van der Waals surface area contributed by atoms with Crippen molar-refractivity contribution in [3.8, 4) is 0 Å². The molecule has 114 valence electrons. The Hall–Kier alpha value is -1.06. The minimum absolute atomic E-state index is 0.535. The first kappa shape index (κ1) is 13.6. The van der Waals surface area contributed by atoms with Crippen LogP contribution in [0.2, 0.25) is 0 Å². The van der Waals surface area contributed by atoms with Crippen molar-refractivity contribution in [2.75, 3.05) is 13.1 Å². The maximum atomic E-state index is 3.78. The molecule has 3 nitrogen and oxygen atoms in total. The molecule has 3 heteroatoms. The standard InChI is InChI=1S/C18H27N3/c1-12(2)20-9-8-19-17-13(3)11-21-15-7-5-4-6-14(15)10-16(21)18(17)20/h5,7,11-12,16-19H,4,6,8-10H2,1-3H3/t16-,17?,18-/m0/s1. The molecule has 3 aliphatic heterocycles. The average molecular weight is 285 g/mol. The van der Waals surface area contributed by atoms with Crippen LogP contribution in [-0.4, -0.2) is 47.1 Å². The third-order valence-corrected chi connectivity index (χ3v) is 5.69. The predicted octanol–water partition coefficient (Wildman–Crippen LogP) is 2.63. The van der Waals surface area contributed by atoms with Crippen molar-refractivity contribution in [3.05, 3.63) is 35.2 Å². The van der Waals surface area contributed by atoms with Gasteiger partial charge in [0.1, 0.15) is 0 Å². The first-order valence-electron chi connectivity index (χ1n) is 8.51. The van der Waals surface area contributed by atoms with Crippen molar-refractivity contribution in [1.82, 2.24) is 15.1 Å². The van der Waals surface area contributed by atoms with Gasteiger partial charge in [-0.2, -0.15) is 0 Å². The Balaban J connectivity index is 1.72. The van der Waals surface area contributed by atoms with Gasteiger partial charge >= 0.3 is 0 Å². The van der Waals surface area contributed by atoms with Gasteiger partial charge < -0.3 is 10.2 Å². The summed E-state index contributed by atoms with van der Waals surface area (Å²) in [4.78, 5) is 5.32. The molecule has 0 radical (unpaired) electrons. The first-order valence-corrected chi connectivity index (χ1v) is 8.51. The second-order valence-corrected chi connectivity index (χ2v) is 7.24. The minimum atomic E-state index is 0.535. The molecule has 0 saturated carbocycles. The van der Waals surface area contributed by atoms with Crippen molar-refractivity contribution in [2.45, 2.75) is 64.2 Å². The molecule has 0 spiro atoms. The van der Waals surface area contributed by atoms with E-state index < -0.39 is 0 Å². The summed E-state index contributed by atoms with van der Waals surface area (Å²) in [6.45, 7) is 9.29. The molecule has 3 heterocycles. The molecule has 1 fully saturated rings. The fourth-order valence-corrected chi connectivity index (χ4v) is 4.74. The summed E-state index contributed by atoms with van der Waals surface area (Å²) in [5.74, 6) is 0. The van der Waals surface area contributed by atoms with Crippen molar-refractivity contribution in [3.63, 3.8) is 0 Å². The molecule has 0 aromatic heterocycles. The van der Waals surface area contributed by atoms with E-state index in [0.717, 1.165) is 6.54 Å². The molecule has 4 aliphatic rings. The molecule has 4 rings (SSSR count). The van der Waals surface area contributed by atoms with Crippen LogP contribution >= 0.6 is 0 Å². The van der Waals surface area contributed by atoms with Gasteiger partial charge in [-0.3, -0.25) is 4.90 Å². The third-order valence-electron chi connectivity index (χ3n) is 5.69. The van der Waals surface area contributed by atoms with Gasteiger partial charge in [-0.25, -0.2) is 0 Å². The highest BCUT2D eigenvalue weighted by Crippen LogP contribution is 2.42. The second kappa shape index (κ2) is 4.99. The number of piperazine rings is 1. The van der Waals surface area contributed by atoms with Crippen LogP contribution in [0.15, 0.2) is 35.2 Å². The monoisotopic (exact) mass is 285 g/mol. The molecule has 1 unspecified atom stereocenters. The van der Waals surface area contributed by atoms with Crippen LogP contribution in [0, 0.1) is 0 Å². The largest absolute Gasteiger partial charge is 0.343 e. The number of rotatable bonds is 1. The van der Waals surface area contributed by atoms with E-state index in [1.807, 2.05) is 0 Å². The van der Waals surface area contributed by atoms with Gasteiger partial charge in [0.25, 0.3) is 0 Å². The van der Waals surface area contributed by atoms with Crippen LogP contribution in [0.5, 0.6) is 0 Å². The van der Waals surface area contributed by atoms with Crippen molar-refractivity contribution in [2.24, 2.45) is 0 Å². The zero-order valence-electron chi connectivity index (χ0n) is 13.5. The van der Waals surface area contributed by atoms with Gasteiger partial charge in [0.05, 0.1) is 12.1 Å². The molecule has 0 aromatic carbocycles. The van der Waals surface area contributed by atoms with E-state index in [-0.39, 0.29) is 0 Å². The quantitative estimate of drug-likeness (QED) is 0.799. The summed E-state index contributed by atoms with van der Waals surface area (Å²) in [6.07, 6.45) is 10.9. The Kier molecular flexibility index (Phi) is 3.23. The number of hydrogen-bond acceptors (Lipinski definition) is 3. The highest BCUT2D eigenvalue weighted by atomic mass is 15.3. The van der Waals surface area contributed by atoms with E-state index >= 15 is 0 Å². The highest BCUT2D eigenvalue weighted by molar-refractivity contribution is 5.40. The number of nitrogens with one attached hydrogen (secondary N) is 1. The summed E-state index contributed by atoms with van der Waals surface area (Å²) >= 11 is 0. The van der Waals surface area contributed by atoms with Crippen LogP contribution in [0.3, 0.4) is 0 Å². The number of allylic oxidation sites excluding steroid dienone is 2. The molecular weight excluding hydrogens is 258 g/mol. The molecule has 0 aromatic rings. The van der Waals surface area contributed by atoms with Crippen LogP contribution in [-0.2, 0) is 0 Å². The molecule has 3 atom stereocenters. The van der Waals surface area contributed by atoms with Gasteiger partial charge in [-0.15, -0.1) is 0 Å². The van der Waals surface area contributed by atoms with Crippen LogP contribution in [0.4, 0.5) is 0 Å². The average Bonchev–Trinajstić information content (AvgIpc) is 2.85. The molecule has 1 N–H and O–H groups in total. The summed E-state index contributed by atoms with van der Waals surface area (Å²) in [6, 6.07) is 2.40. The van der Waals surface area contributed by atoms with Gasteiger partial charge in [-0.1, -0.05) is 6.08 Å². The Morgan fingerprint density at radius 1 is 1.33 bits per heavy atom. The van der Waals surface area contributed by atoms with E-state index in [4.69, 9.17) is 0 Å². The van der Waals surface area contributed by atoms with Crippen LogP contribution in [0.25, 0.3) is 0 Å². The summed E-state index contributed by atoms with van der Waals surface area (Å²) < 4.78 is 0. The summed E-state index contributed by atoms with van der Waals surface area (Å²) in [7, 11) is 0. The summed E-state index contributed by atoms with van der Waals surface area (Å²) in [5, 5.41) is 3.78. The van der Waals surface area contributed by atoms with Crippen LogP contribution < -0.4 is 5.32 Å². The Bertz CT molecular complexity index is 529. The zero-order chi connectivity index (χ0) is 14.6. The van der Waals surface area contributed by atoms with Crippen molar-refractivity contribution in [1.29, 1.82) is 0 Å². The molecular formula is C18H27N3. The number of hydrogen-bond donors (Lipinski definition) is 1. The second-order valence-electron chi connectivity index (χ2n) is 7.24. The number of fused-ring (bicyclic) bond motifs is 4. The van der Waals surface area contributed by atoms with E-state index in [2.05, 4.69) is 54.2 Å². The van der Waals surface area contributed by atoms with Crippen molar-refractivity contribution >= 4 is 0 Å². The lowest BCUT2D eigenvalue weighted by Crippen LogP contribution is -2.67. The van der Waals surface area contributed by atoms with Gasteiger partial charge in [0.2, 0.25) is 0 Å². The highest BCUT2D eigenvalue weighted by Gasteiger charge is 2.47. The lowest BCUT2D eigenvalue weighted by Gasteiger charge is -2.52. The lowest BCUT2D eigenvalue weighted by molar-refractivity contribution is 0.0440. The maximum absolute atomic E-state index is 3.78. The number of nitrogens with zero attached hydrogens (tertiary/aromatic N) is 2. The van der Waals surface area contributed by atoms with Gasteiger partial charge in [-0.05, 0) is 57.3 Å². The lowest BCUT2D eigenvalue weighted by atomic mass is 9.85. The van der Waals surface area contributed by atoms with E-state index in [0.29, 0.717) is 24.2 Å². The Labute approximate surface area is 128 Å². The molecule has 0 bridgehead atoms. The van der Waals surface area contributed by atoms with E-state index in [1.54, 1.807) is 5.57 Å². The van der Waals surface area contributed by atoms with E-state index in [9.17, 15) is 0 Å². The topological polar surface area (TPSA) is 18.5 Å². The van der Waals surface area contributed by atoms with Crippen molar-refractivity contribution < 1.29 is 0 Å². The summed E-state index contributed by atoms with van der Waals surface area (Å²) in [5.41, 5.74) is 4.68. The molecule has 0 amide bonds. The molecule has 1 aliphatic carbocycles. The molecule has 21 heavy (non-hydrogen) atoms. The fraction of sp³-hybridized carbons (Fsp3) is 0.667. The Morgan fingerprint density at radius 3 is 3.00 bits per heavy atom. The predicted molar refractivity (Wildman–Crippen MR) is 86.8 cm³/mol. The SMILES string of the molecule is CC1=CN2C3=C(CCC=C3)C[C@H]2[C@H]2C1NCCN2C(C)C. The fourth-order valence-electron chi connectivity index (χ4n) is 4.74. The smallest absolute Gasteiger partial charge is 0.0548 e. The zero-order valence-corrected chi connectivity index (χ0v) is 13.5.